The highest BCUT2D eigenvalue weighted by Gasteiger charge is 2.10. The molecule has 0 aliphatic rings. The Morgan fingerprint density at radius 3 is 2.33 bits per heavy atom. The second-order valence-electron chi connectivity index (χ2n) is 4.05. The Morgan fingerprint density at radius 1 is 1.27 bits per heavy atom. The van der Waals surface area contributed by atoms with Gasteiger partial charge in [0.15, 0.2) is 0 Å². The summed E-state index contributed by atoms with van der Waals surface area (Å²) >= 11 is 0. The van der Waals surface area contributed by atoms with Gasteiger partial charge >= 0.3 is 5.97 Å². The van der Waals surface area contributed by atoms with E-state index < -0.39 is 0 Å². The molecule has 2 nitrogen and oxygen atoms in total. The lowest BCUT2D eigenvalue weighted by Crippen LogP contribution is -2.04. The molecular formula is C11H24O2S2. The Kier molecular flexibility index (Phi) is 11.0. The second-order valence-corrected chi connectivity index (χ2v) is 7.29. The van der Waals surface area contributed by atoms with Crippen molar-refractivity contribution >= 4 is 27.6 Å². The Hall–Kier alpha value is 0.170. The summed E-state index contributed by atoms with van der Waals surface area (Å²) in [5.41, 5.74) is 0. The molecule has 0 unspecified atom stereocenters. The molecule has 0 aliphatic heterocycles. The van der Waals surface area contributed by atoms with Gasteiger partial charge in [-0.05, 0) is 12.8 Å². The average molecular weight is 252 g/mol. The van der Waals surface area contributed by atoms with Gasteiger partial charge in [-0.1, -0.05) is 49.8 Å². The molecule has 0 bridgehead atoms. The summed E-state index contributed by atoms with van der Waals surface area (Å²) < 4.78 is 4.89. The Bertz CT molecular complexity index is 164. The van der Waals surface area contributed by atoms with E-state index in [1.165, 1.54) is 7.11 Å². The number of ether oxygens (including phenoxy) is 1. The van der Waals surface area contributed by atoms with Crippen molar-refractivity contribution in [1.82, 2.24) is 0 Å². The van der Waals surface area contributed by atoms with E-state index in [0.29, 0.717) is 11.2 Å². The van der Waals surface area contributed by atoms with Crippen molar-refractivity contribution in [2.24, 2.45) is 0 Å². The molecular weight excluding hydrogens is 228 g/mol. The van der Waals surface area contributed by atoms with Crippen molar-refractivity contribution in [2.45, 2.75) is 52.2 Å². The van der Waals surface area contributed by atoms with E-state index in [2.05, 4.69) is 25.5 Å². The summed E-state index contributed by atoms with van der Waals surface area (Å²) in [5.74, 6) is 1.01. The highest BCUT2D eigenvalue weighted by Crippen LogP contribution is 2.35. The third kappa shape index (κ3) is 14.2. The minimum Gasteiger partial charge on any atom is -0.469 e. The van der Waals surface area contributed by atoms with Crippen LogP contribution >= 0.6 is 21.6 Å². The first kappa shape index (κ1) is 17.6. The maximum atomic E-state index is 10.8. The topological polar surface area (TPSA) is 26.3 Å². The standard InChI is InChI=1S/C10H20O2S2.CH4/c1-10(2,3)14-13-8-6-5-7-9(11)12-4;/h5-8H2,1-4H3;1H4. The van der Waals surface area contributed by atoms with Gasteiger partial charge in [0.2, 0.25) is 0 Å². The normalized spacial score (nSPS) is 10.7. The molecule has 0 N–H and O–H groups in total. The molecule has 0 radical (unpaired) electrons. The van der Waals surface area contributed by atoms with Crippen molar-refractivity contribution in [3.8, 4) is 0 Å². The predicted octanol–water partition coefficient (Wildman–Crippen LogP) is 4.15. The van der Waals surface area contributed by atoms with Crippen LogP contribution in [0.2, 0.25) is 0 Å². The fraction of sp³-hybridized carbons (Fsp3) is 0.909. The molecule has 0 spiro atoms. The molecule has 0 fully saturated rings. The number of carbonyl (C=O) groups is 1. The van der Waals surface area contributed by atoms with Crippen LogP contribution in [-0.4, -0.2) is 23.6 Å². The van der Waals surface area contributed by atoms with E-state index in [4.69, 9.17) is 0 Å². The molecule has 0 heterocycles. The van der Waals surface area contributed by atoms with Crippen LogP contribution in [0.4, 0.5) is 0 Å². The smallest absolute Gasteiger partial charge is 0.305 e. The number of rotatable bonds is 6. The Balaban J connectivity index is 0. The lowest BCUT2D eigenvalue weighted by molar-refractivity contribution is -0.140. The maximum Gasteiger partial charge on any atom is 0.305 e. The Labute approximate surface area is 102 Å². The zero-order valence-electron chi connectivity index (χ0n) is 9.46. The summed E-state index contributed by atoms with van der Waals surface area (Å²) in [4.78, 5) is 10.8. The highest BCUT2D eigenvalue weighted by molar-refractivity contribution is 8.77. The summed E-state index contributed by atoms with van der Waals surface area (Å²) in [6, 6.07) is 0. The van der Waals surface area contributed by atoms with Crippen LogP contribution in [0.5, 0.6) is 0 Å². The molecule has 0 saturated carbocycles. The molecule has 15 heavy (non-hydrogen) atoms. The van der Waals surface area contributed by atoms with Crippen LogP contribution in [0.1, 0.15) is 47.5 Å². The number of esters is 1. The molecule has 0 aromatic heterocycles. The molecule has 0 amide bonds. The van der Waals surface area contributed by atoms with E-state index in [-0.39, 0.29) is 13.4 Å². The average Bonchev–Trinajstić information content (AvgIpc) is 2.08. The number of carbonyl (C=O) groups excluding carboxylic acids is 1. The fourth-order valence-electron chi connectivity index (χ4n) is 0.751. The minimum absolute atomic E-state index is 0. The molecule has 92 valence electrons. The third-order valence-electron chi connectivity index (χ3n) is 1.40. The Morgan fingerprint density at radius 2 is 1.87 bits per heavy atom. The summed E-state index contributed by atoms with van der Waals surface area (Å²) in [7, 11) is 5.22. The van der Waals surface area contributed by atoms with Gasteiger partial charge in [-0.2, -0.15) is 0 Å². The van der Waals surface area contributed by atoms with E-state index >= 15 is 0 Å². The van der Waals surface area contributed by atoms with Gasteiger partial charge in [-0.25, -0.2) is 0 Å². The van der Waals surface area contributed by atoms with Crippen LogP contribution in [0.3, 0.4) is 0 Å². The molecule has 0 aromatic carbocycles. The summed E-state index contributed by atoms with van der Waals surface area (Å²) in [5, 5.41) is 0. The number of hydrogen-bond donors (Lipinski definition) is 0. The lowest BCUT2D eigenvalue weighted by Gasteiger charge is -2.15. The number of hydrogen-bond acceptors (Lipinski definition) is 4. The number of unbranched alkanes of at least 4 members (excludes halogenated alkanes) is 1. The van der Waals surface area contributed by atoms with Crippen molar-refractivity contribution in [3.05, 3.63) is 0 Å². The molecule has 0 atom stereocenters. The van der Waals surface area contributed by atoms with Crippen LogP contribution in [0.15, 0.2) is 0 Å². The van der Waals surface area contributed by atoms with Crippen LogP contribution in [0, 0.1) is 0 Å². The minimum atomic E-state index is -0.0986. The summed E-state index contributed by atoms with van der Waals surface area (Å²) in [6.07, 6.45) is 2.57. The van der Waals surface area contributed by atoms with Crippen LogP contribution in [0.25, 0.3) is 0 Å². The van der Waals surface area contributed by atoms with E-state index in [0.717, 1.165) is 18.6 Å². The molecule has 4 heteroatoms. The van der Waals surface area contributed by atoms with Gasteiger partial charge < -0.3 is 4.74 Å². The molecule has 0 rings (SSSR count). The van der Waals surface area contributed by atoms with Crippen LogP contribution < -0.4 is 0 Å². The van der Waals surface area contributed by atoms with Gasteiger partial charge in [-0.3, -0.25) is 4.79 Å². The van der Waals surface area contributed by atoms with Crippen molar-refractivity contribution in [2.75, 3.05) is 12.9 Å². The molecule has 0 saturated heterocycles. The SMILES string of the molecule is C.COC(=O)CCCCSSC(C)(C)C. The highest BCUT2D eigenvalue weighted by atomic mass is 33.1. The lowest BCUT2D eigenvalue weighted by atomic mass is 10.2. The van der Waals surface area contributed by atoms with Gasteiger partial charge in [0.05, 0.1) is 7.11 Å². The van der Waals surface area contributed by atoms with Crippen molar-refractivity contribution < 1.29 is 9.53 Å². The fourth-order valence-corrected chi connectivity index (χ4v) is 3.17. The van der Waals surface area contributed by atoms with Crippen molar-refractivity contribution in [1.29, 1.82) is 0 Å². The monoisotopic (exact) mass is 252 g/mol. The van der Waals surface area contributed by atoms with Gasteiger partial charge in [-0.15, -0.1) is 0 Å². The molecule has 0 aromatic rings. The van der Waals surface area contributed by atoms with Crippen molar-refractivity contribution in [3.63, 3.8) is 0 Å². The van der Waals surface area contributed by atoms with Crippen LogP contribution in [-0.2, 0) is 9.53 Å². The van der Waals surface area contributed by atoms with Gasteiger partial charge in [0.25, 0.3) is 0 Å². The van der Waals surface area contributed by atoms with Gasteiger partial charge in [0.1, 0.15) is 0 Å². The van der Waals surface area contributed by atoms with E-state index in [1.807, 2.05) is 21.6 Å². The zero-order chi connectivity index (χ0) is 11.0. The number of methoxy groups -OCH3 is 1. The third-order valence-corrected chi connectivity index (χ3v) is 4.82. The zero-order valence-corrected chi connectivity index (χ0v) is 11.1. The van der Waals surface area contributed by atoms with Gasteiger partial charge in [0, 0.05) is 16.9 Å². The first-order chi connectivity index (χ1) is 6.45. The first-order valence-electron chi connectivity index (χ1n) is 4.83. The molecule has 0 aliphatic carbocycles. The second kappa shape index (κ2) is 9.40. The predicted molar refractivity (Wildman–Crippen MR) is 72.4 cm³/mol. The quantitative estimate of drug-likeness (QED) is 0.403. The maximum absolute atomic E-state index is 10.8. The van der Waals surface area contributed by atoms with E-state index in [9.17, 15) is 4.79 Å². The summed E-state index contributed by atoms with van der Waals surface area (Å²) in [6.45, 7) is 6.62. The largest absolute Gasteiger partial charge is 0.469 e. The first-order valence-corrected chi connectivity index (χ1v) is 7.15. The van der Waals surface area contributed by atoms with E-state index in [1.54, 1.807) is 0 Å².